The van der Waals surface area contributed by atoms with E-state index in [2.05, 4.69) is 137 Å². The molecule has 0 spiro atoms. The van der Waals surface area contributed by atoms with Crippen LogP contribution in [0.25, 0.3) is 34.5 Å². The third kappa shape index (κ3) is 5.22. The second kappa shape index (κ2) is 9.99. The van der Waals surface area contributed by atoms with Gasteiger partial charge in [-0.05, 0) is 47.5 Å². The minimum absolute atomic E-state index is 0. The van der Waals surface area contributed by atoms with E-state index in [1.54, 1.807) is 0 Å². The number of rotatable bonds is 4. The van der Waals surface area contributed by atoms with E-state index in [0.717, 1.165) is 4.47 Å². The van der Waals surface area contributed by atoms with E-state index >= 15 is 0 Å². The first-order chi connectivity index (χ1) is 13.7. The predicted molar refractivity (Wildman–Crippen MR) is 122 cm³/mol. The minimum Gasteiger partial charge on any atom is -1.00 e. The Balaban J connectivity index is 0.00000240. The van der Waals surface area contributed by atoms with Gasteiger partial charge in [0, 0.05) is 21.2 Å². The Labute approximate surface area is 197 Å². The molecule has 0 bridgehead atoms. The average molecular weight is 554 g/mol. The smallest absolute Gasteiger partial charge is 0.219 e. The summed E-state index contributed by atoms with van der Waals surface area (Å²) in [5.74, 6) is 0. The van der Waals surface area contributed by atoms with E-state index in [0.29, 0.717) is 0 Å². The van der Waals surface area contributed by atoms with Gasteiger partial charge in [0.2, 0.25) is 5.69 Å². The number of aromatic nitrogens is 1. The van der Waals surface area contributed by atoms with Gasteiger partial charge in [-0.15, -0.1) is 0 Å². The zero-order valence-electron chi connectivity index (χ0n) is 16.1. The van der Waals surface area contributed by atoms with Crippen LogP contribution < -0.4 is 28.5 Å². The number of hydrogen-bond acceptors (Lipinski definition) is 0. The summed E-state index contributed by atoms with van der Waals surface area (Å²) in [5, 5.41) is 0. The van der Waals surface area contributed by atoms with E-state index in [-0.39, 0.29) is 24.0 Å². The van der Waals surface area contributed by atoms with Crippen molar-refractivity contribution in [1.29, 1.82) is 0 Å². The molecule has 0 saturated heterocycles. The summed E-state index contributed by atoms with van der Waals surface area (Å²) in [6.45, 7) is 0. The minimum atomic E-state index is 0. The van der Waals surface area contributed by atoms with Crippen LogP contribution in [0.1, 0.15) is 11.1 Å². The maximum absolute atomic E-state index is 3.50. The molecule has 0 amide bonds. The van der Waals surface area contributed by atoms with Crippen molar-refractivity contribution in [2.24, 2.45) is 7.05 Å². The Bertz CT molecular complexity index is 1100. The molecular weight excluding hydrogens is 533 g/mol. The molecule has 0 fully saturated rings. The van der Waals surface area contributed by atoms with Gasteiger partial charge in [-0.2, -0.15) is 4.57 Å². The molecule has 0 unspecified atom stereocenters. The van der Waals surface area contributed by atoms with Gasteiger partial charge in [-0.3, -0.25) is 0 Å². The maximum Gasteiger partial charge on any atom is 0.219 e. The Hall–Kier alpha value is -2.24. The summed E-state index contributed by atoms with van der Waals surface area (Å²) < 4.78 is 3.31. The molecule has 29 heavy (non-hydrogen) atoms. The second-order valence-electron chi connectivity index (χ2n) is 6.76. The van der Waals surface area contributed by atoms with Crippen LogP contribution in [0.3, 0.4) is 0 Å². The van der Waals surface area contributed by atoms with Crippen LogP contribution in [0.4, 0.5) is 0 Å². The number of halogens is 2. The summed E-state index contributed by atoms with van der Waals surface area (Å²) >= 11 is 3.50. The average Bonchev–Trinajstić information content (AvgIpc) is 2.74. The van der Waals surface area contributed by atoms with Gasteiger partial charge in [0.05, 0.1) is 0 Å². The van der Waals surface area contributed by atoms with Gasteiger partial charge >= 0.3 is 0 Å². The van der Waals surface area contributed by atoms with Gasteiger partial charge in [-0.25, -0.2) is 0 Å². The molecule has 0 atom stereocenters. The fourth-order valence-electron chi connectivity index (χ4n) is 3.39. The lowest BCUT2D eigenvalue weighted by Gasteiger charge is -2.08. The van der Waals surface area contributed by atoms with Gasteiger partial charge < -0.3 is 24.0 Å². The van der Waals surface area contributed by atoms with Crippen molar-refractivity contribution in [2.75, 3.05) is 0 Å². The van der Waals surface area contributed by atoms with E-state index < -0.39 is 0 Å². The Kier molecular flexibility index (Phi) is 7.40. The number of pyridine rings is 1. The molecule has 144 valence electrons. The molecule has 0 aliphatic heterocycles. The summed E-state index contributed by atoms with van der Waals surface area (Å²) in [5.41, 5.74) is 7.20. The lowest BCUT2D eigenvalue weighted by Crippen LogP contribution is -3.00. The van der Waals surface area contributed by atoms with Crippen molar-refractivity contribution in [3.63, 3.8) is 0 Å². The van der Waals surface area contributed by atoms with Crippen molar-refractivity contribution in [1.82, 2.24) is 0 Å². The fourth-order valence-corrected chi connectivity index (χ4v) is 3.66. The summed E-state index contributed by atoms with van der Waals surface area (Å²) in [7, 11) is 2.12. The van der Waals surface area contributed by atoms with Crippen LogP contribution in [-0.4, -0.2) is 0 Å². The number of hydrogen-bond donors (Lipinski definition) is 0. The van der Waals surface area contributed by atoms with Crippen molar-refractivity contribution >= 4 is 28.1 Å². The largest absolute Gasteiger partial charge is 1.00 e. The first kappa shape index (κ1) is 21.5. The highest BCUT2D eigenvalue weighted by molar-refractivity contribution is 9.10. The van der Waals surface area contributed by atoms with E-state index in [4.69, 9.17) is 0 Å². The van der Waals surface area contributed by atoms with Crippen LogP contribution in [0.5, 0.6) is 0 Å². The molecule has 3 aromatic carbocycles. The van der Waals surface area contributed by atoms with Crippen molar-refractivity contribution < 1.29 is 28.5 Å². The SMILES string of the molecule is C[n+]1cc(-c2ccccc2)cc(/C=C/c2ccc(Br)cc2)c1-c1ccccc1.[I-]. The summed E-state index contributed by atoms with van der Waals surface area (Å²) in [6.07, 6.45) is 6.58. The molecule has 0 N–H and O–H groups in total. The molecule has 0 aliphatic rings. The standard InChI is InChI=1S/C26H21BrN.HI/c1-28-19-24(21-8-4-2-5-9-21)18-23(26(28)22-10-6-3-7-11-22)15-12-20-13-16-25(27)17-14-20;/h2-19H,1H3;1H/q+1;/p-1/b15-12+;. The van der Waals surface area contributed by atoms with Gasteiger partial charge in [0.1, 0.15) is 7.05 Å². The van der Waals surface area contributed by atoms with Gasteiger partial charge in [-0.1, -0.05) is 82.7 Å². The first-order valence-electron chi connectivity index (χ1n) is 9.29. The molecule has 0 radical (unpaired) electrons. The van der Waals surface area contributed by atoms with E-state index in [1.807, 2.05) is 0 Å². The lowest BCUT2D eigenvalue weighted by molar-refractivity contribution is -0.660. The zero-order chi connectivity index (χ0) is 19.3. The molecule has 1 nitrogen and oxygen atoms in total. The van der Waals surface area contributed by atoms with Crippen molar-refractivity contribution in [3.8, 4) is 22.4 Å². The summed E-state index contributed by atoms with van der Waals surface area (Å²) in [6, 6.07) is 31.7. The van der Waals surface area contributed by atoms with Gasteiger partial charge in [0.25, 0.3) is 0 Å². The first-order valence-corrected chi connectivity index (χ1v) is 10.1. The van der Waals surface area contributed by atoms with Gasteiger partial charge in [0.15, 0.2) is 6.20 Å². The molecule has 1 aromatic heterocycles. The molecular formula is C26H21BrIN. The fraction of sp³-hybridized carbons (Fsp3) is 0.0385. The summed E-state index contributed by atoms with van der Waals surface area (Å²) in [4.78, 5) is 0. The van der Waals surface area contributed by atoms with E-state index in [1.165, 1.54) is 33.5 Å². The van der Waals surface area contributed by atoms with Crippen LogP contribution in [0.2, 0.25) is 0 Å². The Morgan fingerprint density at radius 3 is 1.90 bits per heavy atom. The molecule has 3 heteroatoms. The number of nitrogens with zero attached hydrogens (tertiary/aromatic N) is 1. The van der Waals surface area contributed by atoms with Crippen LogP contribution >= 0.6 is 15.9 Å². The number of benzene rings is 3. The quantitative estimate of drug-likeness (QED) is 0.267. The van der Waals surface area contributed by atoms with E-state index in [9.17, 15) is 0 Å². The third-order valence-electron chi connectivity index (χ3n) is 4.75. The Morgan fingerprint density at radius 2 is 1.28 bits per heavy atom. The Morgan fingerprint density at radius 1 is 0.690 bits per heavy atom. The lowest BCUT2D eigenvalue weighted by atomic mass is 9.99. The van der Waals surface area contributed by atoms with Crippen molar-refractivity contribution in [2.45, 2.75) is 0 Å². The topological polar surface area (TPSA) is 3.88 Å². The molecule has 0 aliphatic carbocycles. The molecule has 0 saturated carbocycles. The predicted octanol–water partition coefficient (Wildman–Crippen LogP) is 3.78. The number of aryl methyl sites for hydroxylation is 1. The maximum atomic E-state index is 3.50. The van der Waals surface area contributed by atoms with Crippen LogP contribution in [0.15, 0.2) is 102 Å². The monoisotopic (exact) mass is 553 g/mol. The highest BCUT2D eigenvalue weighted by atomic mass is 127. The molecule has 4 rings (SSSR count). The highest BCUT2D eigenvalue weighted by Crippen LogP contribution is 2.27. The third-order valence-corrected chi connectivity index (χ3v) is 5.28. The van der Waals surface area contributed by atoms with Crippen LogP contribution in [-0.2, 0) is 7.05 Å². The highest BCUT2D eigenvalue weighted by Gasteiger charge is 2.17. The molecule has 4 aromatic rings. The second-order valence-corrected chi connectivity index (χ2v) is 7.68. The van der Waals surface area contributed by atoms with Crippen molar-refractivity contribution in [3.05, 3.63) is 113 Å². The molecule has 1 heterocycles. The zero-order valence-corrected chi connectivity index (χ0v) is 19.8. The normalized spacial score (nSPS) is 10.7. The van der Waals surface area contributed by atoms with Crippen LogP contribution in [0, 0.1) is 0 Å².